The van der Waals surface area contributed by atoms with E-state index in [2.05, 4.69) is 47.2 Å². The molecule has 10 nitrogen and oxygen atoms in total. The van der Waals surface area contributed by atoms with Gasteiger partial charge in [-0.2, -0.15) is 0 Å². The van der Waals surface area contributed by atoms with E-state index < -0.39 is 0 Å². The lowest BCUT2D eigenvalue weighted by atomic mass is 10.0. The smallest absolute Gasteiger partial charge is 0.227 e. The number of oxazole rings is 2. The Labute approximate surface area is 298 Å². The number of allylic oxidation sites excluding steroid dienone is 11. The van der Waals surface area contributed by atoms with Crippen LogP contribution in [-0.4, -0.2) is 75.5 Å². The Morgan fingerprint density at radius 3 is 2.37 bits per heavy atom. The third kappa shape index (κ3) is 10.7. The first-order valence-corrected chi connectivity index (χ1v) is 17.1. The van der Waals surface area contributed by atoms with E-state index in [1.807, 2.05) is 62.4 Å². The molecule has 6 rings (SSSR count). The monoisotopic (exact) mass is 694 g/mol. The fourth-order valence-electron chi connectivity index (χ4n) is 5.42. The van der Waals surface area contributed by atoms with Gasteiger partial charge < -0.3 is 37.6 Å². The van der Waals surface area contributed by atoms with Crippen molar-refractivity contribution in [2.24, 2.45) is 0 Å². The minimum atomic E-state index is 0.122. The summed E-state index contributed by atoms with van der Waals surface area (Å²) in [5.41, 5.74) is 5.87. The maximum absolute atomic E-state index is 7.94. The number of nitrogens with zero attached hydrogens (tertiary/aromatic N) is 2. The molecule has 268 valence electrons. The summed E-state index contributed by atoms with van der Waals surface area (Å²) in [5, 5.41) is 10.2. The first-order valence-electron chi connectivity index (χ1n) is 17.1. The van der Waals surface area contributed by atoms with E-state index in [9.17, 15) is 0 Å². The second-order valence-electron chi connectivity index (χ2n) is 11.6. The number of aliphatic hydroxyl groups is 1. The minimum absolute atomic E-state index is 0.122. The highest BCUT2D eigenvalue weighted by Crippen LogP contribution is 2.31. The van der Waals surface area contributed by atoms with Gasteiger partial charge in [0.05, 0.1) is 51.0 Å². The zero-order valence-electron chi connectivity index (χ0n) is 29.7. The molecule has 1 N–H and O–H groups in total. The first-order chi connectivity index (χ1) is 25.0. The van der Waals surface area contributed by atoms with Crippen molar-refractivity contribution in [3.8, 4) is 0 Å². The third-order valence-electron chi connectivity index (χ3n) is 7.83. The van der Waals surface area contributed by atoms with E-state index >= 15 is 0 Å². The molecular formula is C41H46N2O8. The van der Waals surface area contributed by atoms with Crippen molar-refractivity contribution in [3.63, 3.8) is 0 Å². The number of fused-ring (bicyclic) bond motifs is 3. The Kier molecular flexibility index (Phi) is 14.2. The molecule has 0 amide bonds. The highest BCUT2D eigenvalue weighted by molar-refractivity contribution is 5.91. The molecule has 10 heteroatoms. The SMILES string of the molecule is CCOC1=C(c2nc3cc4nc(/C=C/C5=CC=CC=C(/C=C(\C)OCCOCCOC)C5)oc4cc3o2)CC=c2ccccc2=C1.COCCO. The molecule has 2 aromatic carbocycles. The van der Waals surface area contributed by atoms with Gasteiger partial charge in [-0.3, -0.25) is 0 Å². The number of rotatable bonds is 15. The van der Waals surface area contributed by atoms with Gasteiger partial charge in [0.15, 0.2) is 11.2 Å². The van der Waals surface area contributed by atoms with Crippen LogP contribution in [0.5, 0.6) is 0 Å². The van der Waals surface area contributed by atoms with E-state index in [0.29, 0.717) is 74.5 Å². The van der Waals surface area contributed by atoms with Crippen LogP contribution in [0.3, 0.4) is 0 Å². The summed E-state index contributed by atoms with van der Waals surface area (Å²) < 4.78 is 39.1. The maximum atomic E-state index is 7.94. The highest BCUT2D eigenvalue weighted by Gasteiger charge is 2.18. The second kappa shape index (κ2) is 19.4. The number of aromatic nitrogens is 2. The molecule has 0 aliphatic heterocycles. The molecule has 2 heterocycles. The number of aliphatic hydroxyl groups excluding tert-OH is 1. The van der Waals surface area contributed by atoms with Crippen molar-refractivity contribution in [1.29, 1.82) is 0 Å². The fraction of sp³-hybridized carbons (Fsp3) is 0.317. The van der Waals surface area contributed by atoms with Crippen LogP contribution in [0.2, 0.25) is 0 Å². The first kappa shape index (κ1) is 37.3. The zero-order chi connectivity index (χ0) is 35.8. The van der Waals surface area contributed by atoms with Crippen molar-refractivity contribution in [2.45, 2.75) is 26.7 Å². The zero-order valence-corrected chi connectivity index (χ0v) is 29.7. The quantitative estimate of drug-likeness (QED) is 0.110. The number of benzene rings is 2. The van der Waals surface area contributed by atoms with Gasteiger partial charge in [-0.1, -0.05) is 60.7 Å². The molecule has 0 fully saturated rings. The van der Waals surface area contributed by atoms with Crippen LogP contribution in [0.25, 0.3) is 46.0 Å². The standard InChI is InChI=1S/C38H38N2O6.C3H8O2/c1-4-43-34-23-30-12-8-7-11-29(30)14-15-31(34)38-40-33-24-32-35(25-36(33)46-38)45-37(39-32)16-13-27-9-5-6-10-28(22-27)21-26(2)44-20-19-42-18-17-41-3;1-5-3-2-4/h5-14,16,21,23-25H,4,15,17-20,22H2,1-3H3;4H,2-3H2,1H3/b16-13+,26-21+;. The molecule has 4 aromatic rings. The van der Waals surface area contributed by atoms with Gasteiger partial charge in [-0.15, -0.1) is 0 Å². The Morgan fingerprint density at radius 1 is 0.863 bits per heavy atom. The third-order valence-corrected chi connectivity index (χ3v) is 7.83. The number of hydrogen-bond acceptors (Lipinski definition) is 10. The molecule has 0 unspecified atom stereocenters. The van der Waals surface area contributed by atoms with Crippen molar-refractivity contribution in [2.75, 3.05) is 60.5 Å². The Morgan fingerprint density at radius 2 is 1.61 bits per heavy atom. The molecule has 2 aromatic heterocycles. The van der Waals surface area contributed by atoms with Crippen LogP contribution in [0.15, 0.2) is 104 Å². The van der Waals surface area contributed by atoms with E-state index in [4.69, 9.17) is 42.9 Å². The van der Waals surface area contributed by atoms with Crippen LogP contribution < -0.4 is 10.4 Å². The van der Waals surface area contributed by atoms with Crippen molar-refractivity contribution in [1.82, 2.24) is 9.97 Å². The second-order valence-corrected chi connectivity index (χ2v) is 11.6. The lowest BCUT2D eigenvalue weighted by molar-refractivity contribution is 0.0417. The Balaban J connectivity index is 0.000000943. The van der Waals surface area contributed by atoms with Gasteiger partial charge in [-0.05, 0) is 60.1 Å². The number of hydrogen-bond donors (Lipinski definition) is 1. The van der Waals surface area contributed by atoms with Gasteiger partial charge in [0, 0.05) is 32.8 Å². The lowest BCUT2D eigenvalue weighted by Crippen LogP contribution is -2.23. The summed E-state index contributed by atoms with van der Waals surface area (Å²) in [7, 11) is 3.21. The van der Waals surface area contributed by atoms with Gasteiger partial charge >= 0.3 is 0 Å². The highest BCUT2D eigenvalue weighted by atomic mass is 16.5. The molecule has 0 radical (unpaired) electrons. The molecular weight excluding hydrogens is 648 g/mol. The average Bonchev–Trinajstić information content (AvgIpc) is 3.58. The van der Waals surface area contributed by atoms with Crippen LogP contribution in [-0.2, 0) is 23.7 Å². The molecule has 0 spiro atoms. The topological polar surface area (TPSA) is 118 Å². The summed E-state index contributed by atoms with van der Waals surface area (Å²) in [6.45, 7) is 7.21. The molecule has 0 saturated carbocycles. The van der Waals surface area contributed by atoms with Crippen molar-refractivity contribution < 1.29 is 37.6 Å². The van der Waals surface area contributed by atoms with Crippen molar-refractivity contribution in [3.05, 3.63) is 118 Å². The van der Waals surface area contributed by atoms with Crippen LogP contribution in [0, 0.1) is 0 Å². The van der Waals surface area contributed by atoms with E-state index in [0.717, 1.165) is 50.6 Å². The van der Waals surface area contributed by atoms with E-state index in [-0.39, 0.29) is 6.61 Å². The fourth-order valence-corrected chi connectivity index (χ4v) is 5.42. The van der Waals surface area contributed by atoms with Crippen molar-refractivity contribution >= 4 is 46.0 Å². The maximum Gasteiger partial charge on any atom is 0.227 e. The van der Waals surface area contributed by atoms with Crippen LogP contribution in [0.4, 0.5) is 0 Å². The predicted octanol–water partition coefficient (Wildman–Crippen LogP) is 6.42. The average molecular weight is 695 g/mol. The van der Waals surface area contributed by atoms with Gasteiger partial charge in [0.2, 0.25) is 11.8 Å². The summed E-state index contributed by atoms with van der Waals surface area (Å²) in [6.07, 6.45) is 19.8. The molecule has 0 bridgehead atoms. The molecule has 51 heavy (non-hydrogen) atoms. The summed E-state index contributed by atoms with van der Waals surface area (Å²) in [5.74, 6) is 2.66. The number of methoxy groups -OCH3 is 2. The van der Waals surface area contributed by atoms with E-state index in [1.165, 1.54) is 0 Å². The van der Waals surface area contributed by atoms with Gasteiger partial charge in [-0.25, -0.2) is 9.97 Å². The Hall–Kier alpha value is -5.00. The van der Waals surface area contributed by atoms with Crippen LogP contribution in [0.1, 0.15) is 38.5 Å². The summed E-state index contributed by atoms with van der Waals surface area (Å²) in [6, 6.07) is 12.0. The largest absolute Gasteiger partial charge is 0.496 e. The predicted molar refractivity (Wildman–Crippen MR) is 200 cm³/mol. The van der Waals surface area contributed by atoms with E-state index in [1.54, 1.807) is 14.2 Å². The van der Waals surface area contributed by atoms with Crippen LogP contribution >= 0.6 is 0 Å². The summed E-state index contributed by atoms with van der Waals surface area (Å²) in [4.78, 5) is 9.55. The molecule has 0 saturated heterocycles. The molecule has 2 aliphatic rings. The normalized spacial score (nSPS) is 14.6. The molecule has 0 atom stereocenters. The molecule has 2 aliphatic carbocycles. The van der Waals surface area contributed by atoms with Gasteiger partial charge in [0.1, 0.15) is 23.4 Å². The lowest BCUT2D eigenvalue weighted by Gasteiger charge is -2.08. The number of ether oxygens (including phenoxy) is 5. The Bertz CT molecular complexity index is 2020. The summed E-state index contributed by atoms with van der Waals surface area (Å²) >= 11 is 0. The minimum Gasteiger partial charge on any atom is -0.496 e. The van der Waals surface area contributed by atoms with Gasteiger partial charge in [0.25, 0.3) is 0 Å².